The summed E-state index contributed by atoms with van der Waals surface area (Å²) in [5.41, 5.74) is 4.07. The number of hydrogen-bond donors (Lipinski definition) is 0. The van der Waals surface area contributed by atoms with Crippen LogP contribution in [0.5, 0.6) is 5.75 Å². The molecule has 0 saturated heterocycles. The van der Waals surface area contributed by atoms with Crippen molar-refractivity contribution in [2.45, 2.75) is 32.5 Å². The van der Waals surface area contributed by atoms with Gasteiger partial charge in [0.05, 0.1) is 19.3 Å². The van der Waals surface area contributed by atoms with E-state index >= 15 is 0 Å². The second-order valence-electron chi connectivity index (χ2n) is 6.98. The molecule has 0 N–H and O–H groups in total. The van der Waals surface area contributed by atoms with Gasteiger partial charge in [-0.05, 0) is 72.4 Å². The zero-order valence-corrected chi connectivity index (χ0v) is 17.4. The Morgan fingerprint density at radius 3 is 2.38 bits per heavy atom. The first kappa shape index (κ1) is 21.4. The van der Waals surface area contributed by atoms with Crippen molar-refractivity contribution < 1.29 is 13.9 Å². The van der Waals surface area contributed by atoms with Gasteiger partial charge in [-0.2, -0.15) is 0 Å². The summed E-state index contributed by atoms with van der Waals surface area (Å²) >= 11 is 5.75. The first-order valence-corrected chi connectivity index (χ1v) is 10.4. The number of ether oxygens (including phenoxy) is 2. The van der Waals surface area contributed by atoms with Crippen molar-refractivity contribution in [2.75, 3.05) is 12.5 Å². The van der Waals surface area contributed by atoms with Crippen molar-refractivity contribution in [1.29, 1.82) is 0 Å². The van der Waals surface area contributed by atoms with Gasteiger partial charge in [0.25, 0.3) is 0 Å². The predicted octanol–water partition coefficient (Wildman–Crippen LogP) is 7.17. The van der Waals surface area contributed by atoms with Crippen molar-refractivity contribution >= 4 is 11.6 Å². The third-order valence-electron chi connectivity index (χ3n) is 4.72. The van der Waals surface area contributed by atoms with Crippen molar-refractivity contribution in [3.8, 4) is 16.9 Å². The molecule has 0 aliphatic rings. The molecule has 0 heterocycles. The molecule has 0 spiro atoms. The van der Waals surface area contributed by atoms with Gasteiger partial charge in [0.15, 0.2) is 0 Å². The molecule has 0 saturated carbocycles. The van der Waals surface area contributed by atoms with E-state index in [2.05, 4.69) is 6.07 Å². The third-order valence-corrected chi connectivity index (χ3v) is 4.98. The van der Waals surface area contributed by atoms with Crippen LogP contribution in [0.2, 0.25) is 0 Å². The van der Waals surface area contributed by atoms with E-state index in [0.29, 0.717) is 19.1 Å². The first-order chi connectivity index (χ1) is 14.2. The topological polar surface area (TPSA) is 18.5 Å². The fourth-order valence-corrected chi connectivity index (χ4v) is 3.22. The molecule has 4 heteroatoms. The second-order valence-corrected chi connectivity index (χ2v) is 7.36. The molecule has 3 rings (SSSR count). The average Bonchev–Trinajstić information content (AvgIpc) is 2.76. The molecule has 0 fully saturated rings. The Labute approximate surface area is 177 Å². The van der Waals surface area contributed by atoms with Crippen LogP contribution in [0.3, 0.4) is 0 Å². The SMILES string of the molecule is CC(OCc1ccccc1)c1cc(OCCCCCl)cc(-c2ccc(F)cc2)c1. The molecular formula is C25H26ClFO2. The van der Waals surface area contributed by atoms with Gasteiger partial charge in [0, 0.05) is 5.88 Å². The molecule has 0 bridgehead atoms. The zero-order valence-electron chi connectivity index (χ0n) is 16.6. The number of benzene rings is 3. The summed E-state index contributed by atoms with van der Waals surface area (Å²) in [6, 6.07) is 22.7. The maximum atomic E-state index is 13.3. The molecule has 3 aromatic carbocycles. The van der Waals surface area contributed by atoms with Gasteiger partial charge in [-0.3, -0.25) is 0 Å². The lowest BCUT2D eigenvalue weighted by atomic mass is 10.0. The lowest BCUT2D eigenvalue weighted by Crippen LogP contribution is -2.03. The lowest BCUT2D eigenvalue weighted by molar-refractivity contribution is 0.0524. The second kappa shape index (κ2) is 11.0. The van der Waals surface area contributed by atoms with E-state index in [1.807, 2.05) is 49.4 Å². The minimum Gasteiger partial charge on any atom is -0.494 e. The molecule has 0 radical (unpaired) electrons. The predicted molar refractivity (Wildman–Crippen MR) is 117 cm³/mol. The van der Waals surface area contributed by atoms with E-state index in [0.717, 1.165) is 40.8 Å². The molecule has 1 unspecified atom stereocenters. The number of halogens is 2. The van der Waals surface area contributed by atoms with Crippen LogP contribution in [-0.4, -0.2) is 12.5 Å². The smallest absolute Gasteiger partial charge is 0.123 e. The van der Waals surface area contributed by atoms with Gasteiger partial charge in [0.2, 0.25) is 0 Å². The van der Waals surface area contributed by atoms with Crippen molar-refractivity contribution in [3.05, 3.63) is 89.7 Å². The highest BCUT2D eigenvalue weighted by Gasteiger charge is 2.11. The van der Waals surface area contributed by atoms with Crippen molar-refractivity contribution in [1.82, 2.24) is 0 Å². The first-order valence-electron chi connectivity index (χ1n) is 9.91. The highest BCUT2D eigenvalue weighted by atomic mass is 35.5. The van der Waals surface area contributed by atoms with Crippen molar-refractivity contribution in [3.63, 3.8) is 0 Å². The summed E-state index contributed by atoms with van der Waals surface area (Å²) in [6.07, 6.45) is 1.71. The van der Waals surface area contributed by atoms with E-state index < -0.39 is 0 Å². The molecule has 3 aromatic rings. The fourth-order valence-electron chi connectivity index (χ4n) is 3.03. The Morgan fingerprint density at radius 1 is 0.897 bits per heavy atom. The molecule has 0 aromatic heterocycles. The maximum Gasteiger partial charge on any atom is 0.123 e. The summed E-state index contributed by atoms with van der Waals surface area (Å²) < 4.78 is 25.4. The summed E-state index contributed by atoms with van der Waals surface area (Å²) in [5, 5.41) is 0. The average molecular weight is 413 g/mol. The van der Waals surface area contributed by atoms with E-state index in [-0.39, 0.29) is 11.9 Å². The van der Waals surface area contributed by atoms with Gasteiger partial charge >= 0.3 is 0 Å². The van der Waals surface area contributed by atoms with Crippen LogP contribution >= 0.6 is 11.6 Å². The van der Waals surface area contributed by atoms with Crippen LogP contribution in [0.4, 0.5) is 4.39 Å². The molecule has 1 atom stereocenters. The molecule has 0 aliphatic carbocycles. The standard InChI is InChI=1S/C25H26ClFO2/c1-19(29-18-20-7-3-2-4-8-20)22-15-23(21-9-11-24(27)12-10-21)17-25(16-22)28-14-6-5-13-26/h2-4,7-12,15-17,19H,5-6,13-14,18H2,1H3. The Kier molecular flexibility index (Phi) is 8.09. The monoisotopic (exact) mass is 412 g/mol. The highest BCUT2D eigenvalue weighted by molar-refractivity contribution is 6.17. The Bertz CT molecular complexity index is 881. The Balaban J connectivity index is 1.79. The fraction of sp³-hybridized carbons (Fsp3) is 0.280. The van der Waals surface area contributed by atoms with E-state index in [9.17, 15) is 4.39 Å². The summed E-state index contributed by atoms with van der Waals surface area (Å²) in [5.74, 6) is 1.17. The van der Waals surface area contributed by atoms with Crippen molar-refractivity contribution in [2.24, 2.45) is 0 Å². The van der Waals surface area contributed by atoms with E-state index in [4.69, 9.17) is 21.1 Å². The van der Waals surface area contributed by atoms with E-state index in [1.54, 1.807) is 12.1 Å². The third kappa shape index (κ3) is 6.59. The summed E-state index contributed by atoms with van der Waals surface area (Å²) in [7, 11) is 0. The largest absolute Gasteiger partial charge is 0.494 e. The maximum absolute atomic E-state index is 13.3. The number of alkyl halides is 1. The summed E-state index contributed by atoms with van der Waals surface area (Å²) in [6.45, 7) is 3.18. The lowest BCUT2D eigenvalue weighted by Gasteiger charge is -2.17. The van der Waals surface area contributed by atoms with Crippen LogP contribution < -0.4 is 4.74 Å². The van der Waals surface area contributed by atoms with Crippen LogP contribution in [-0.2, 0) is 11.3 Å². The molecule has 0 amide bonds. The molecule has 0 aliphatic heterocycles. The molecule has 29 heavy (non-hydrogen) atoms. The number of rotatable bonds is 10. The minimum absolute atomic E-state index is 0.110. The van der Waals surface area contributed by atoms with Crippen LogP contribution in [0.25, 0.3) is 11.1 Å². The minimum atomic E-state index is -0.248. The number of hydrogen-bond acceptors (Lipinski definition) is 2. The quantitative estimate of drug-likeness (QED) is 0.259. The van der Waals surface area contributed by atoms with E-state index in [1.165, 1.54) is 12.1 Å². The number of unbranched alkanes of at least 4 members (excludes halogenated alkanes) is 1. The highest BCUT2D eigenvalue weighted by Crippen LogP contribution is 2.31. The molecular weight excluding hydrogens is 387 g/mol. The van der Waals surface area contributed by atoms with Gasteiger partial charge in [-0.1, -0.05) is 42.5 Å². The Hall–Kier alpha value is -2.36. The Morgan fingerprint density at radius 2 is 1.66 bits per heavy atom. The van der Waals surface area contributed by atoms with Crippen LogP contribution in [0.1, 0.15) is 37.0 Å². The molecule has 2 nitrogen and oxygen atoms in total. The molecule has 152 valence electrons. The van der Waals surface area contributed by atoms with Crippen LogP contribution in [0, 0.1) is 5.82 Å². The van der Waals surface area contributed by atoms with Gasteiger partial charge < -0.3 is 9.47 Å². The zero-order chi connectivity index (χ0) is 20.5. The van der Waals surface area contributed by atoms with Gasteiger partial charge in [-0.15, -0.1) is 11.6 Å². The van der Waals surface area contributed by atoms with Gasteiger partial charge in [0.1, 0.15) is 11.6 Å². The van der Waals surface area contributed by atoms with Crippen LogP contribution in [0.15, 0.2) is 72.8 Å². The van der Waals surface area contributed by atoms with Gasteiger partial charge in [-0.25, -0.2) is 4.39 Å². The normalized spacial score (nSPS) is 12.0. The summed E-state index contributed by atoms with van der Waals surface area (Å²) in [4.78, 5) is 0.